The van der Waals surface area contributed by atoms with Crippen LogP contribution in [0.15, 0.2) is 52.9 Å². The van der Waals surface area contributed by atoms with Gasteiger partial charge in [0.2, 0.25) is 5.78 Å². The van der Waals surface area contributed by atoms with E-state index in [1.54, 1.807) is 30.3 Å². The second-order valence-electron chi connectivity index (χ2n) is 5.75. The van der Waals surface area contributed by atoms with E-state index in [0.717, 1.165) is 5.39 Å². The van der Waals surface area contributed by atoms with E-state index in [2.05, 4.69) is 5.32 Å². The topological polar surface area (TPSA) is 79.5 Å². The molecule has 4 rings (SSSR count). The summed E-state index contributed by atoms with van der Waals surface area (Å²) in [4.78, 5) is 24.8. The van der Waals surface area contributed by atoms with Crippen LogP contribution in [0.1, 0.15) is 22.5 Å². The summed E-state index contributed by atoms with van der Waals surface area (Å²) in [5.74, 6) is -1.01. The number of rotatable bonds is 3. The Hall–Kier alpha value is -2.63. The highest BCUT2D eigenvalue weighted by Crippen LogP contribution is 2.40. The van der Waals surface area contributed by atoms with Crippen LogP contribution in [-0.2, 0) is 10.4 Å². The number of carbonyl (C=O) groups is 2. The molecule has 1 amide bonds. The predicted molar refractivity (Wildman–Crippen MR) is 89.1 cm³/mol. The largest absolute Gasteiger partial charge is 0.453 e. The van der Waals surface area contributed by atoms with Gasteiger partial charge in [0.1, 0.15) is 5.58 Å². The van der Waals surface area contributed by atoms with Crippen LogP contribution in [0.5, 0.6) is 0 Å². The van der Waals surface area contributed by atoms with Crippen molar-refractivity contribution in [3.8, 4) is 0 Å². The molecule has 0 saturated heterocycles. The molecule has 1 atom stereocenters. The Morgan fingerprint density at radius 3 is 2.79 bits per heavy atom. The first-order valence-electron chi connectivity index (χ1n) is 7.33. The summed E-state index contributed by atoms with van der Waals surface area (Å²) < 4.78 is 5.51. The number of Topliss-reactive ketones (excluding diaryl/α,β-unsaturated/α-hetero) is 1. The Balaban J connectivity index is 1.70. The number of ketones is 1. The fourth-order valence-corrected chi connectivity index (χ4v) is 3.10. The zero-order valence-corrected chi connectivity index (χ0v) is 13.1. The van der Waals surface area contributed by atoms with Crippen molar-refractivity contribution < 1.29 is 19.1 Å². The Kier molecular flexibility index (Phi) is 3.23. The Labute approximate surface area is 141 Å². The van der Waals surface area contributed by atoms with Gasteiger partial charge in [-0.1, -0.05) is 29.8 Å². The van der Waals surface area contributed by atoms with Crippen LogP contribution in [0.3, 0.4) is 0 Å². The molecule has 1 aliphatic heterocycles. The molecular formula is C18H12ClNO4. The molecule has 3 aromatic rings. The number of fused-ring (bicyclic) bond motifs is 2. The number of halogens is 1. The molecule has 2 N–H and O–H groups in total. The minimum Gasteiger partial charge on any atom is -0.453 e. The van der Waals surface area contributed by atoms with Gasteiger partial charge in [-0.3, -0.25) is 9.59 Å². The van der Waals surface area contributed by atoms with Crippen molar-refractivity contribution in [2.75, 3.05) is 5.32 Å². The zero-order valence-electron chi connectivity index (χ0n) is 12.4. The van der Waals surface area contributed by atoms with Gasteiger partial charge in [0.25, 0.3) is 5.91 Å². The summed E-state index contributed by atoms with van der Waals surface area (Å²) in [5.41, 5.74) is -0.642. The van der Waals surface area contributed by atoms with Gasteiger partial charge in [-0.25, -0.2) is 0 Å². The lowest BCUT2D eigenvalue weighted by Crippen LogP contribution is -2.36. The van der Waals surface area contributed by atoms with Crippen molar-refractivity contribution in [2.24, 2.45) is 0 Å². The molecule has 1 aliphatic rings. The summed E-state index contributed by atoms with van der Waals surface area (Å²) in [7, 11) is 0. The van der Waals surface area contributed by atoms with Gasteiger partial charge in [0.05, 0.1) is 6.42 Å². The minimum absolute atomic E-state index is 0.105. The van der Waals surface area contributed by atoms with Crippen molar-refractivity contribution in [3.05, 3.63) is 64.9 Å². The summed E-state index contributed by atoms with van der Waals surface area (Å²) in [5, 5.41) is 14.5. The standard InChI is InChI=1S/C18H12ClNO4/c19-11-5-6-13-12(8-11)18(23,17(22)20-13)9-14(21)16-7-10-3-1-2-4-15(10)24-16/h1-8,23H,9H2,(H,20,22). The van der Waals surface area contributed by atoms with Gasteiger partial charge in [-0.2, -0.15) is 0 Å². The molecule has 0 bridgehead atoms. The van der Waals surface area contributed by atoms with Gasteiger partial charge < -0.3 is 14.8 Å². The Morgan fingerprint density at radius 1 is 1.21 bits per heavy atom. The number of benzene rings is 2. The maximum absolute atomic E-state index is 12.5. The smallest absolute Gasteiger partial charge is 0.261 e. The maximum Gasteiger partial charge on any atom is 0.261 e. The molecule has 5 nitrogen and oxygen atoms in total. The molecule has 6 heteroatoms. The molecule has 0 aliphatic carbocycles. The minimum atomic E-state index is -1.96. The number of carbonyl (C=O) groups excluding carboxylic acids is 2. The second kappa shape index (κ2) is 5.19. The van der Waals surface area contributed by atoms with Crippen molar-refractivity contribution in [1.82, 2.24) is 0 Å². The van der Waals surface area contributed by atoms with E-state index in [9.17, 15) is 14.7 Å². The maximum atomic E-state index is 12.5. The Bertz CT molecular complexity index is 961. The van der Waals surface area contributed by atoms with Crippen LogP contribution in [0.2, 0.25) is 5.02 Å². The van der Waals surface area contributed by atoms with E-state index >= 15 is 0 Å². The van der Waals surface area contributed by atoms with Crippen LogP contribution in [0.4, 0.5) is 5.69 Å². The first-order valence-corrected chi connectivity index (χ1v) is 7.71. The third kappa shape index (κ3) is 2.21. The third-order valence-corrected chi connectivity index (χ3v) is 4.40. The van der Waals surface area contributed by atoms with Gasteiger partial charge in [0, 0.05) is 21.7 Å². The normalized spacial score (nSPS) is 19.3. The summed E-state index contributed by atoms with van der Waals surface area (Å²) in [6.07, 6.45) is -0.425. The summed E-state index contributed by atoms with van der Waals surface area (Å²) in [6.45, 7) is 0. The van der Waals surface area contributed by atoms with Crippen molar-refractivity contribution in [3.63, 3.8) is 0 Å². The van der Waals surface area contributed by atoms with Gasteiger partial charge in [-0.05, 0) is 30.3 Å². The molecule has 0 fully saturated rings. The number of nitrogens with one attached hydrogen (secondary N) is 1. The van der Waals surface area contributed by atoms with Crippen LogP contribution in [0, 0.1) is 0 Å². The van der Waals surface area contributed by atoms with Crippen molar-refractivity contribution >= 4 is 39.9 Å². The highest BCUT2D eigenvalue weighted by Gasteiger charge is 2.47. The summed E-state index contributed by atoms with van der Waals surface area (Å²) in [6, 6.07) is 13.5. The van der Waals surface area contributed by atoms with Crippen LogP contribution >= 0.6 is 11.6 Å². The molecular weight excluding hydrogens is 330 g/mol. The van der Waals surface area contributed by atoms with Crippen molar-refractivity contribution in [1.29, 1.82) is 0 Å². The molecule has 0 saturated carbocycles. The number of anilines is 1. The molecule has 1 aromatic heterocycles. The fraction of sp³-hybridized carbons (Fsp3) is 0.111. The van der Waals surface area contributed by atoms with Crippen LogP contribution < -0.4 is 5.32 Å². The van der Waals surface area contributed by atoms with Gasteiger partial charge in [-0.15, -0.1) is 0 Å². The lowest BCUT2D eigenvalue weighted by molar-refractivity contribution is -0.133. The molecule has 0 radical (unpaired) electrons. The monoisotopic (exact) mass is 341 g/mol. The van der Waals surface area contributed by atoms with E-state index in [-0.39, 0.29) is 5.76 Å². The first kappa shape index (κ1) is 14.9. The van der Waals surface area contributed by atoms with Gasteiger partial charge in [0.15, 0.2) is 11.4 Å². The molecule has 120 valence electrons. The zero-order chi connectivity index (χ0) is 16.9. The molecule has 2 aromatic carbocycles. The molecule has 2 heterocycles. The average molecular weight is 342 g/mol. The number of furan rings is 1. The average Bonchev–Trinajstić information content (AvgIpc) is 3.09. The lowest BCUT2D eigenvalue weighted by Gasteiger charge is -2.19. The van der Waals surface area contributed by atoms with Crippen LogP contribution in [0.25, 0.3) is 11.0 Å². The quantitative estimate of drug-likeness (QED) is 0.714. The lowest BCUT2D eigenvalue weighted by atomic mass is 9.89. The number of aliphatic hydroxyl groups is 1. The highest BCUT2D eigenvalue weighted by molar-refractivity contribution is 6.31. The second-order valence-corrected chi connectivity index (χ2v) is 6.19. The van der Waals surface area contributed by atoms with E-state index in [1.165, 1.54) is 6.07 Å². The van der Waals surface area contributed by atoms with Crippen LogP contribution in [-0.4, -0.2) is 16.8 Å². The van der Waals surface area contributed by atoms with E-state index in [0.29, 0.717) is 21.9 Å². The van der Waals surface area contributed by atoms with E-state index in [4.69, 9.17) is 16.0 Å². The summed E-state index contributed by atoms with van der Waals surface area (Å²) >= 11 is 5.95. The SMILES string of the molecule is O=C(CC1(O)C(=O)Nc2ccc(Cl)cc21)c1cc2ccccc2o1. The third-order valence-electron chi connectivity index (χ3n) is 4.17. The number of hydrogen-bond acceptors (Lipinski definition) is 4. The Morgan fingerprint density at radius 2 is 2.00 bits per heavy atom. The number of hydrogen-bond donors (Lipinski definition) is 2. The number of amides is 1. The van der Waals surface area contributed by atoms with E-state index < -0.39 is 23.7 Å². The molecule has 1 unspecified atom stereocenters. The first-order chi connectivity index (χ1) is 11.5. The molecule has 24 heavy (non-hydrogen) atoms. The predicted octanol–water partition coefficient (Wildman–Crippen LogP) is 3.50. The van der Waals surface area contributed by atoms with Crippen molar-refractivity contribution in [2.45, 2.75) is 12.0 Å². The molecule has 0 spiro atoms. The number of para-hydroxylation sites is 1. The van der Waals surface area contributed by atoms with E-state index in [1.807, 2.05) is 12.1 Å². The highest BCUT2D eigenvalue weighted by atomic mass is 35.5. The fourth-order valence-electron chi connectivity index (χ4n) is 2.93. The van der Waals surface area contributed by atoms with Gasteiger partial charge >= 0.3 is 0 Å².